The first-order chi connectivity index (χ1) is 8.52. The van der Waals surface area contributed by atoms with Crippen LogP contribution in [-0.4, -0.2) is 38.1 Å². The van der Waals surface area contributed by atoms with Gasteiger partial charge in [-0.15, -0.1) is 0 Å². The summed E-state index contributed by atoms with van der Waals surface area (Å²) in [6, 6.07) is 4.53. The molecular formula is C12H16FNO3S. The van der Waals surface area contributed by atoms with Crippen LogP contribution in [0.2, 0.25) is 0 Å². The molecule has 0 spiro atoms. The third kappa shape index (κ3) is 3.00. The van der Waals surface area contributed by atoms with Crippen LogP contribution in [0, 0.1) is 5.82 Å². The van der Waals surface area contributed by atoms with E-state index in [9.17, 15) is 12.8 Å². The number of anilines is 1. The number of hydrogen-bond donors (Lipinski definition) is 1. The molecule has 4 nitrogen and oxygen atoms in total. The first-order valence-electron chi connectivity index (χ1n) is 5.86. The first-order valence-corrected chi connectivity index (χ1v) is 7.68. The summed E-state index contributed by atoms with van der Waals surface area (Å²) in [6.45, 7) is 0.651. The Bertz CT molecular complexity index is 530. The Balaban J connectivity index is 2.21. The third-order valence-corrected chi connectivity index (χ3v) is 4.81. The Morgan fingerprint density at radius 2 is 2.06 bits per heavy atom. The maximum Gasteiger partial charge on any atom is 0.152 e. The molecule has 1 fully saturated rings. The second-order valence-electron chi connectivity index (χ2n) is 4.44. The molecule has 0 aliphatic carbocycles. The van der Waals surface area contributed by atoms with Crippen molar-refractivity contribution >= 4 is 15.5 Å². The summed E-state index contributed by atoms with van der Waals surface area (Å²) in [5, 5.41) is 8.92. The van der Waals surface area contributed by atoms with Crippen molar-refractivity contribution in [1.29, 1.82) is 0 Å². The maximum atomic E-state index is 13.8. The molecule has 100 valence electrons. The van der Waals surface area contributed by atoms with Gasteiger partial charge in [0.1, 0.15) is 5.82 Å². The van der Waals surface area contributed by atoms with E-state index in [1.54, 1.807) is 17.0 Å². The van der Waals surface area contributed by atoms with E-state index in [4.69, 9.17) is 5.11 Å². The van der Waals surface area contributed by atoms with E-state index in [0.29, 0.717) is 30.8 Å². The van der Waals surface area contributed by atoms with Crippen molar-refractivity contribution in [3.63, 3.8) is 0 Å². The first kappa shape index (κ1) is 13.3. The summed E-state index contributed by atoms with van der Waals surface area (Å²) in [6.07, 6.45) is 0.517. The number of sulfone groups is 1. The lowest BCUT2D eigenvalue weighted by molar-refractivity contribution is 0.281. The summed E-state index contributed by atoms with van der Waals surface area (Å²) >= 11 is 0. The zero-order chi connectivity index (χ0) is 13.2. The highest BCUT2D eigenvalue weighted by Gasteiger charge is 2.21. The van der Waals surface area contributed by atoms with Crippen molar-refractivity contribution in [2.75, 3.05) is 29.5 Å². The molecule has 0 radical (unpaired) electrons. The molecule has 1 aromatic rings. The zero-order valence-electron chi connectivity index (χ0n) is 9.97. The van der Waals surface area contributed by atoms with Crippen LogP contribution in [-0.2, 0) is 16.4 Å². The van der Waals surface area contributed by atoms with Crippen LogP contribution in [0.15, 0.2) is 18.2 Å². The number of rotatable bonds is 2. The van der Waals surface area contributed by atoms with Gasteiger partial charge in [-0.05, 0) is 24.1 Å². The Hall–Kier alpha value is -1.14. The third-order valence-electron chi connectivity index (χ3n) is 3.09. The van der Waals surface area contributed by atoms with E-state index in [2.05, 4.69) is 0 Å². The summed E-state index contributed by atoms with van der Waals surface area (Å²) in [5.41, 5.74) is 0.919. The summed E-state index contributed by atoms with van der Waals surface area (Å²) in [7, 11) is -2.99. The molecule has 1 saturated heterocycles. The number of nitrogens with zero attached hydrogens (tertiary/aromatic N) is 1. The molecule has 0 aromatic heterocycles. The fourth-order valence-corrected chi connectivity index (χ4v) is 3.36. The van der Waals surface area contributed by atoms with Crippen molar-refractivity contribution in [3.8, 4) is 0 Å². The van der Waals surface area contributed by atoms with Gasteiger partial charge in [0.25, 0.3) is 0 Å². The predicted molar refractivity (Wildman–Crippen MR) is 67.8 cm³/mol. The van der Waals surface area contributed by atoms with Crippen LogP contribution >= 0.6 is 0 Å². The number of aliphatic hydroxyl groups is 1. The number of halogens is 1. The van der Waals surface area contributed by atoms with Gasteiger partial charge in [0, 0.05) is 13.1 Å². The molecule has 0 unspecified atom stereocenters. The number of benzene rings is 1. The van der Waals surface area contributed by atoms with Crippen LogP contribution in [0.3, 0.4) is 0 Å². The molecule has 0 amide bonds. The Labute approximate surface area is 106 Å². The molecule has 2 rings (SSSR count). The van der Waals surface area contributed by atoms with Crippen LogP contribution in [0.4, 0.5) is 10.1 Å². The van der Waals surface area contributed by atoms with Gasteiger partial charge in [0.05, 0.1) is 23.8 Å². The quantitative estimate of drug-likeness (QED) is 0.871. The average molecular weight is 273 g/mol. The summed E-state index contributed by atoms with van der Waals surface area (Å²) in [4.78, 5) is 1.75. The van der Waals surface area contributed by atoms with E-state index in [1.807, 2.05) is 0 Å². The number of aliphatic hydroxyl groups excluding tert-OH is 1. The Morgan fingerprint density at radius 3 is 2.72 bits per heavy atom. The van der Waals surface area contributed by atoms with Gasteiger partial charge < -0.3 is 10.0 Å². The monoisotopic (exact) mass is 273 g/mol. The summed E-state index contributed by atoms with van der Waals surface area (Å²) in [5.74, 6) is -0.186. The normalized spacial score (nSPS) is 19.6. The van der Waals surface area contributed by atoms with Gasteiger partial charge in [0.2, 0.25) is 0 Å². The number of hydrogen-bond acceptors (Lipinski definition) is 4. The van der Waals surface area contributed by atoms with Crippen molar-refractivity contribution in [2.24, 2.45) is 0 Å². The minimum absolute atomic E-state index is 0.0637. The standard InChI is InChI=1S/C12H16FNO3S/c13-11-8-10(9-15)2-3-12(11)14-4-1-6-18(16,17)7-5-14/h2-3,8,15H,1,4-7,9H2. The molecule has 0 bridgehead atoms. The largest absolute Gasteiger partial charge is 0.392 e. The van der Waals surface area contributed by atoms with E-state index in [-0.39, 0.29) is 18.1 Å². The van der Waals surface area contributed by atoms with E-state index in [1.165, 1.54) is 6.07 Å². The molecular weight excluding hydrogens is 257 g/mol. The summed E-state index contributed by atoms with van der Waals surface area (Å²) < 4.78 is 36.8. The SMILES string of the molecule is O=S1(=O)CCCN(c2ccc(CO)cc2F)CC1. The van der Waals surface area contributed by atoms with Crippen LogP contribution in [0.25, 0.3) is 0 Å². The van der Waals surface area contributed by atoms with Crippen LogP contribution < -0.4 is 4.90 Å². The second kappa shape index (κ2) is 5.24. The van der Waals surface area contributed by atoms with E-state index < -0.39 is 15.7 Å². The molecule has 18 heavy (non-hydrogen) atoms. The Morgan fingerprint density at radius 1 is 1.28 bits per heavy atom. The highest BCUT2D eigenvalue weighted by atomic mass is 32.2. The van der Waals surface area contributed by atoms with Crippen molar-refractivity contribution in [3.05, 3.63) is 29.6 Å². The van der Waals surface area contributed by atoms with Gasteiger partial charge in [-0.2, -0.15) is 0 Å². The molecule has 1 N–H and O–H groups in total. The topological polar surface area (TPSA) is 57.6 Å². The minimum atomic E-state index is -2.99. The van der Waals surface area contributed by atoms with Gasteiger partial charge in [-0.25, -0.2) is 12.8 Å². The molecule has 6 heteroatoms. The molecule has 1 aliphatic heterocycles. The molecule has 0 saturated carbocycles. The molecule has 0 atom stereocenters. The Kier molecular flexibility index (Phi) is 3.87. The molecule has 1 heterocycles. The van der Waals surface area contributed by atoms with Crippen LogP contribution in [0.5, 0.6) is 0 Å². The van der Waals surface area contributed by atoms with Crippen molar-refractivity contribution in [1.82, 2.24) is 0 Å². The van der Waals surface area contributed by atoms with Gasteiger partial charge >= 0.3 is 0 Å². The van der Waals surface area contributed by atoms with Crippen molar-refractivity contribution in [2.45, 2.75) is 13.0 Å². The maximum absolute atomic E-state index is 13.8. The molecule has 1 aliphatic rings. The smallest absolute Gasteiger partial charge is 0.152 e. The lowest BCUT2D eigenvalue weighted by atomic mass is 10.2. The average Bonchev–Trinajstić information content (AvgIpc) is 2.50. The van der Waals surface area contributed by atoms with Gasteiger partial charge in [-0.3, -0.25) is 0 Å². The van der Waals surface area contributed by atoms with Gasteiger partial charge in [-0.1, -0.05) is 6.07 Å². The highest BCUT2D eigenvalue weighted by molar-refractivity contribution is 7.91. The van der Waals surface area contributed by atoms with E-state index in [0.717, 1.165) is 0 Å². The second-order valence-corrected chi connectivity index (χ2v) is 6.74. The lowest BCUT2D eigenvalue weighted by Crippen LogP contribution is -2.27. The highest BCUT2D eigenvalue weighted by Crippen LogP contribution is 2.22. The van der Waals surface area contributed by atoms with Crippen LogP contribution in [0.1, 0.15) is 12.0 Å². The van der Waals surface area contributed by atoms with E-state index >= 15 is 0 Å². The fourth-order valence-electron chi connectivity index (χ4n) is 2.08. The zero-order valence-corrected chi connectivity index (χ0v) is 10.8. The lowest BCUT2D eigenvalue weighted by Gasteiger charge is -2.22. The minimum Gasteiger partial charge on any atom is -0.392 e. The predicted octanol–water partition coefficient (Wildman–Crippen LogP) is 0.943. The van der Waals surface area contributed by atoms with Crippen molar-refractivity contribution < 1.29 is 17.9 Å². The fraction of sp³-hybridized carbons (Fsp3) is 0.500. The van der Waals surface area contributed by atoms with Gasteiger partial charge in [0.15, 0.2) is 9.84 Å². The molecule has 1 aromatic carbocycles.